The van der Waals surface area contributed by atoms with Gasteiger partial charge in [0.05, 0.1) is 17.3 Å². The normalized spacial score (nSPS) is 10.5. The second kappa shape index (κ2) is 7.01. The van der Waals surface area contributed by atoms with E-state index in [1.165, 1.54) is 24.0 Å². The molecule has 3 heterocycles. The summed E-state index contributed by atoms with van der Waals surface area (Å²) in [5.41, 5.74) is 1.23. The van der Waals surface area contributed by atoms with E-state index in [2.05, 4.69) is 36.0 Å². The minimum Gasteiger partial charge on any atom is -0.338 e. The first-order chi connectivity index (χ1) is 12.5. The standard InChI is InChI=1S/C15H16N8O3/c1-3-16-15(26)22-14-19-10-4-5-11(20-12(10)21-14)23-7-9(6-17-23)13(25)18-8(2)24/h4-7H,3H2,1-2H3,(H,18,24,25)(H3,16,19,20,21,22,26). The SMILES string of the molecule is CCNC(=O)Nc1nc2nc(-n3cc(C(=O)NC(C)=O)cn3)ccc2[nH]1. The third-order valence-corrected chi connectivity index (χ3v) is 3.27. The van der Waals surface area contributed by atoms with E-state index in [4.69, 9.17) is 0 Å². The van der Waals surface area contributed by atoms with Crippen molar-refractivity contribution < 1.29 is 14.4 Å². The van der Waals surface area contributed by atoms with Crippen molar-refractivity contribution in [1.29, 1.82) is 0 Å². The van der Waals surface area contributed by atoms with Gasteiger partial charge >= 0.3 is 6.03 Å². The van der Waals surface area contributed by atoms with Gasteiger partial charge in [0, 0.05) is 19.7 Å². The number of amides is 4. The highest BCUT2D eigenvalue weighted by molar-refractivity contribution is 6.03. The molecule has 0 spiro atoms. The molecule has 4 N–H and O–H groups in total. The van der Waals surface area contributed by atoms with E-state index in [0.717, 1.165) is 0 Å². The molecule has 26 heavy (non-hydrogen) atoms. The minimum atomic E-state index is -0.543. The highest BCUT2D eigenvalue weighted by Crippen LogP contribution is 2.15. The Morgan fingerprint density at radius 3 is 2.77 bits per heavy atom. The molecule has 0 aromatic carbocycles. The maximum absolute atomic E-state index is 11.8. The van der Waals surface area contributed by atoms with E-state index in [0.29, 0.717) is 23.5 Å². The molecule has 134 valence electrons. The molecule has 0 unspecified atom stereocenters. The van der Waals surface area contributed by atoms with Gasteiger partial charge in [-0.05, 0) is 19.1 Å². The van der Waals surface area contributed by atoms with E-state index in [1.807, 2.05) is 0 Å². The van der Waals surface area contributed by atoms with Gasteiger partial charge in [-0.2, -0.15) is 10.1 Å². The summed E-state index contributed by atoms with van der Waals surface area (Å²) in [5, 5.41) is 11.4. The van der Waals surface area contributed by atoms with Crippen LogP contribution < -0.4 is 16.0 Å². The number of nitrogens with zero attached hydrogens (tertiary/aromatic N) is 4. The quantitative estimate of drug-likeness (QED) is 0.537. The smallest absolute Gasteiger partial charge is 0.321 e. The molecular formula is C15H16N8O3. The van der Waals surface area contributed by atoms with Crippen LogP contribution in [0.15, 0.2) is 24.5 Å². The first-order valence-corrected chi connectivity index (χ1v) is 7.75. The Balaban J connectivity index is 1.83. The maximum atomic E-state index is 11.8. The summed E-state index contributed by atoms with van der Waals surface area (Å²) in [4.78, 5) is 45.8. The average Bonchev–Trinajstić information content (AvgIpc) is 3.20. The zero-order valence-electron chi connectivity index (χ0n) is 14.0. The lowest BCUT2D eigenvalue weighted by Gasteiger charge is -2.00. The molecule has 0 radical (unpaired) electrons. The number of hydrogen-bond donors (Lipinski definition) is 4. The number of aromatic nitrogens is 5. The Morgan fingerprint density at radius 2 is 2.04 bits per heavy atom. The molecule has 3 aromatic heterocycles. The van der Waals surface area contributed by atoms with Gasteiger partial charge in [0.2, 0.25) is 11.9 Å². The van der Waals surface area contributed by atoms with E-state index >= 15 is 0 Å². The zero-order chi connectivity index (χ0) is 18.7. The number of hydrogen-bond acceptors (Lipinski definition) is 6. The first-order valence-electron chi connectivity index (χ1n) is 7.75. The van der Waals surface area contributed by atoms with E-state index in [1.54, 1.807) is 19.1 Å². The molecular weight excluding hydrogens is 340 g/mol. The zero-order valence-corrected chi connectivity index (χ0v) is 14.0. The lowest BCUT2D eigenvalue weighted by Crippen LogP contribution is -2.28. The maximum Gasteiger partial charge on any atom is 0.321 e. The summed E-state index contributed by atoms with van der Waals surface area (Å²) in [5.74, 6) is -0.308. The van der Waals surface area contributed by atoms with Crippen molar-refractivity contribution in [2.24, 2.45) is 0 Å². The Kier molecular flexibility index (Phi) is 4.60. The number of carbonyl (C=O) groups excluding carboxylic acids is 3. The number of carbonyl (C=O) groups is 3. The van der Waals surface area contributed by atoms with Crippen LogP contribution >= 0.6 is 0 Å². The fourth-order valence-electron chi connectivity index (χ4n) is 2.18. The van der Waals surface area contributed by atoms with Gasteiger partial charge in [-0.1, -0.05) is 0 Å². The molecule has 11 nitrogen and oxygen atoms in total. The number of fused-ring (bicyclic) bond motifs is 1. The highest BCUT2D eigenvalue weighted by Gasteiger charge is 2.13. The van der Waals surface area contributed by atoms with Crippen molar-refractivity contribution >= 4 is 35.0 Å². The molecule has 0 aliphatic heterocycles. The van der Waals surface area contributed by atoms with Crippen molar-refractivity contribution in [1.82, 2.24) is 35.4 Å². The summed E-state index contributed by atoms with van der Waals surface area (Å²) >= 11 is 0. The minimum absolute atomic E-state index is 0.225. The fourth-order valence-corrected chi connectivity index (χ4v) is 2.18. The fraction of sp³-hybridized carbons (Fsp3) is 0.200. The molecule has 0 bridgehead atoms. The van der Waals surface area contributed by atoms with E-state index in [-0.39, 0.29) is 17.5 Å². The van der Waals surface area contributed by atoms with Crippen molar-refractivity contribution in [2.75, 3.05) is 11.9 Å². The van der Waals surface area contributed by atoms with Crippen molar-refractivity contribution in [3.05, 3.63) is 30.1 Å². The summed E-state index contributed by atoms with van der Waals surface area (Å²) in [6, 6.07) is 3.03. The summed E-state index contributed by atoms with van der Waals surface area (Å²) in [6.07, 6.45) is 2.78. The molecule has 0 aliphatic rings. The van der Waals surface area contributed by atoms with Gasteiger partial charge in [-0.25, -0.2) is 14.5 Å². The molecule has 0 aliphatic carbocycles. The van der Waals surface area contributed by atoms with Crippen molar-refractivity contribution in [3.63, 3.8) is 0 Å². The first kappa shape index (κ1) is 17.1. The molecule has 0 fully saturated rings. The van der Waals surface area contributed by atoms with E-state index < -0.39 is 11.8 Å². The number of imidazole rings is 1. The molecule has 3 rings (SSSR count). The van der Waals surface area contributed by atoms with Crippen molar-refractivity contribution in [3.8, 4) is 5.82 Å². The third-order valence-electron chi connectivity index (χ3n) is 3.27. The van der Waals surface area contributed by atoms with Crippen molar-refractivity contribution in [2.45, 2.75) is 13.8 Å². The molecule has 3 aromatic rings. The molecule has 4 amide bonds. The van der Waals surface area contributed by atoms with Crippen LogP contribution in [0.1, 0.15) is 24.2 Å². The number of H-pyrrole nitrogens is 1. The second-order valence-corrected chi connectivity index (χ2v) is 5.29. The van der Waals surface area contributed by atoms with Crippen LogP contribution in [-0.2, 0) is 4.79 Å². The highest BCUT2D eigenvalue weighted by atomic mass is 16.2. The number of anilines is 1. The average molecular weight is 356 g/mol. The summed E-state index contributed by atoms with van der Waals surface area (Å²) in [7, 11) is 0. The number of urea groups is 1. The third kappa shape index (κ3) is 3.66. The van der Waals surface area contributed by atoms with Crippen LogP contribution in [0.4, 0.5) is 10.7 Å². The molecule has 0 saturated carbocycles. The summed E-state index contributed by atoms with van der Waals surface area (Å²) < 4.78 is 1.39. The monoisotopic (exact) mass is 356 g/mol. The lowest BCUT2D eigenvalue weighted by atomic mass is 10.3. The Hall–Kier alpha value is -3.76. The lowest BCUT2D eigenvalue weighted by molar-refractivity contribution is -0.118. The van der Waals surface area contributed by atoms with Gasteiger partial charge in [-0.15, -0.1) is 0 Å². The number of aromatic amines is 1. The van der Waals surface area contributed by atoms with Gasteiger partial charge in [0.15, 0.2) is 11.5 Å². The van der Waals surface area contributed by atoms with E-state index in [9.17, 15) is 14.4 Å². The Morgan fingerprint density at radius 1 is 1.23 bits per heavy atom. The number of imide groups is 1. The Bertz CT molecular complexity index is 990. The van der Waals surface area contributed by atoms with Crippen LogP contribution in [0, 0.1) is 0 Å². The van der Waals surface area contributed by atoms with Gasteiger partial charge < -0.3 is 10.3 Å². The predicted molar refractivity (Wildman–Crippen MR) is 91.9 cm³/mol. The number of rotatable bonds is 4. The number of nitrogens with one attached hydrogen (secondary N) is 4. The Labute approximate surface area is 147 Å². The van der Waals surface area contributed by atoms with Gasteiger partial charge in [-0.3, -0.25) is 20.2 Å². The van der Waals surface area contributed by atoms with Crippen LogP contribution in [0.25, 0.3) is 17.0 Å². The largest absolute Gasteiger partial charge is 0.338 e. The number of pyridine rings is 1. The van der Waals surface area contributed by atoms with Crippen LogP contribution in [0.2, 0.25) is 0 Å². The van der Waals surface area contributed by atoms with Crippen LogP contribution in [0.3, 0.4) is 0 Å². The van der Waals surface area contributed by atoms with Crippen LogP contribution in [-0.4, -0.2) is 49.1 Å². The topological polar surface area (TPSA) is 147 Å². The molecule has 11 heteroatoms. The molecule has 0 atom stereocenters. The second-order valence-electron chi connectivity index (χ2n) is 5.29. The van der Waals surface area contributed by atoms with Gasteiger partial charge in [0.1, 0.15) is 0 Å². The predicted octanol–water partition coefficient (Wildman–Crippen LogP) is 0.561. The van der Waals surface area contributed by atoms with Gasteiger partial charge in [0.25, 0.3) is 5.91 Å². The molecule has 0 saturated heterocycles. The summed E-state index contributed by atoms with van der Waals surface area (Å²) in [6.45, 7) is 3.55. The van der Waals surface area contributed by atoms with Crippen LogP contribution in [0.5, 0.6) is 0 Å².